The van der Waals surface area contributed by atoms with E-state index in [1.807, 2.05) is 18.2 Å². The highest BCUT2D eigenvalue weighted by Crippen LogP contribution is 2.38. The molecule has 2 rings (SSSR count). The first-order valence-corrected chi connectivity index (χ1v) is 12.2. The molecule has 1 fully saturated rings. The summed E-state index contributed by atoms with van der Waals surface area (Å²) in [6.45, 7) is 12.4. The van der Waals surface area contributed by atoms with Crippen molar-refractivity contribution in [1.82, 2.24) is 0 Å². The minimum atomic E-state index is -1.25. The van der Waals surface area contributed by atoms with Gasteiger partial charge >= 0.3 is 5.97 Å². The lowest BCUT2D eigenvalue weighted by Crippen LogP contribution is -2.34. The van der Waals surface area contributed by atoms with Crippen molar-refractivity contribution >= 4 is 14.0 Å². The average molecular weight is 335 g/mol. The largest absolute Gasteiger partial charge is 0.461 e. The predicted molar refractivity (Wildman–Crippen MR) is 96.0 cm³/mol. The Morgan fingerprint density at radius 3 is 2.48 bits per heavy atom. The molecule has 0 amide bonds. The van der Waals surface area contributed by atoms with Crippen molar-refractivity contribution in [2.24, 2.45) is 11.3 Å². The lowest BCUT2D eigenvalue weighted by Gasteiger charge is -2.30. The van der Waals surface area contributed by atoms with E-state index in [0.717, 1.165) is 12.5 Å². The first-order chi connectivity index (χ1) is 10.7. The summed E-state index contributed by atoms with van der Waals surface area (Å²) in [4.78, 5) is 12.2. The predicted octanol–water partition coefficient (Wildman–Crippen LogP) is 4.50. The third-order valence-electron chi connectivity index (χ3n) is 4.41. The first kappa shape index (κ1) is 18.2. The normalized spacial score (nSPS) is 22.2. The number of esters is 1. The van der Waals surface area contributed by atoms with Gasteiger partial charge in [0.05, 0.1) is 19.1 Å². The van der Waals surface area contributed by atoms with Crippen LogP contribution in [-0.2, 0) is 20.9 Å². The van der Waals surface area contributed by atoms with Gasteiger partial charge in [0.2, 0.25) is 0 Å². The van der Waals surface area contributed by atoms with Gasteiger partial charge in [-0.25, -0.2) is 0 Å². The van der Waals surface area contributed by atoms with E-state index < -0.39 is 8.07 Å². The molecule has 1 aromatic rings. The van der Waals surface area contributed by atoms with Gasteiger partial charge in [-0.2, -0.15) is 0 Å². The maximum Gasteiger partial charge on any atom is 0.309 e. The van der Waals surface area contributed by atoms with Crippen LogP contribution in [0.25, 0.3) is 0 Å². The van der Waals surface area contributed by atoms with Gasteiger partial charge in [-0.05, 0) is 18.0 Å². The van der Waals surface area contributed by atoms with E-state index in [4.69, 9.17) is 9.47 Å². The standard InChI is InChI=1S/C19H30O3Si/c1-19(2,14-21-12-15-9-7-6-8-10-15)17-11-16(18(20)22-17)13-23(3,4)5/h6-10,16-17H,11-14H2,1-5H3/t16-,17+/m0/s1. The molecule has 1 aliphatic rings. The zero-order chi connectivity index (χ0) is 17.1. The van der Waals surface area contributed by atoms with Gasteiger partial charge in [0.25, 0.3) is 0 Å². The van der Waals surface area contributed by atoms with Crippen molar-refractivity contribution in [2.75, 3.05) is 6.61 Å². The lowest BCUT2D eigenvalue weighted by atomic mass is 9.84. The van der Waals surface area contributed by atoms with E-state index in [0.29, 0.717) is 13.2 Å². The maximum atomic E-state index is 12.2. The summed E-state index contributed by atoms with van der Waals surface area (Å²) in [6.07, 6.45) is 0.803. The summed E-state index contributed by atoms with van der Waals surface area (Å²) < 4.78 is 11.6. The monoisotopic (exact) mass is 334 g/mol. The summed E-state index contributed by atoms with van der Waals surface area (Å²) >= 11 is 0. The Balaban J connectivity index is 1.86. The lowest BCUT2D eigenvalue weighted by molar-refractivity contribution is -0.149. The van der Waals surface area contributed by atoms with E-state index in [2.05, 4.69) is 45.6 Å². The van der Waals surface area contributed by atoms with Gasteiger partial charge in [0, 0.05) is 13.5 Å². The second kappa shape index (κ2) is 7.18. The van der Waals surface area contributed by atoms with Crippen molar-refractivity contribution in [3.05, 3.63) is 35.9 Å². The second-order valence-electron chi connectivity index (χ2n) is 8.59. The first-order valence-electron chi connectivity index (χ1n) is 8.49. The highest BCUT2D eigenvalue weighted by molar-refractivity contribution is 6.76. The molecular formula is C19H30O3Si. The van der Waals surface area contributed by atoms with Crippen LogP contribution in [0.1, 0.15) is 25.8 Å². The van der Waals surface area contributed by atoms with Gasteiger partial charge < -0.3 is 9.47 Å². The highest BCUT2D eigenvalue weighted by atomic mass is 28.3. The molecule has 0 unspecified atom stereocenters. The molecule has 128 valence electrons. The minimum Gasteiger partial charge on any atom is -0.461 e. The molecule has 3 nitrogen and oxygen atoms in total. The Kier molecular flexibility index (Phi) is 5.68. The van der Waals surface area contributed by atoms with Crippen molar-refractivity contribution in [2.45, 2.75) is 58.7 Å². The third kappa shape index (κ3) is 5.46. The Hall–Kier alpha value is -1.13. The molecule has 1 aliphatic heterocycles. The van der Waals surface area contributed by atoms with Gasteiger partial charge in [0.1, 0.15) is 6.10 Å². The molecule has 0 aliphatic carbocycles. The van der Waals surface area contributed by atoms with Crippen LogP contribution in [0.5, 0.6) is 0 Å². The van der Waals surface area contributed by atoms with E-state index in [1.165, 1.54) is 5.56 Å². The second-order valence-corrected chi connectivity index (χ2v) is 14.1. The number of benzene rings is 1. The Morgan fingerprint density at radius 2 is 1.87 bits per heavy atom. The molecular weight excluding hydrogens is 304 g/mol. The van der Waals surface area contributed by atoms with Crippen molar-refractivity contribution < 1.29 is 14.3 Å². The molecule has 0 aromatic heterocycles. The minimum absolute atomic E-state index is 0.00596. The number of cyclic esters (lactones) is 1. The Morgan fingerprint density at radius 1 is 1.22 bits per heavy atom. The quantitative estimate of drug-likeness (QED) is 0.544. The van der Waals surface area contributed by atoms with E-state index in [-0.39, 0.29) is 23.4 Å². The summed E-state index contributed by atoms with van der Waals surface area (Å²) in [5.74, 6) is 0.0774. The van der Waals surface area contributed by atoms with Crippen LogP contribution >= 0.6 is 0 Å². The molecule has 0 saturated carbocycles. The van der Waals surface area contributed by atoms with E-state index >= 15 is 0 Å². The van der Waals surface area contributed by atoms with Crippen LogP contribution < -0.4 is 0 Å². The number of hydrogen-bond acceptors (Lipinski definition) is 3. The number of ether oxygens (including phenoxy) is 2. The summed E-state index contributed by atoms with van der Waals surface area (Å²) in [6, 6.07) is 11.2. The zero-order valence-electron chi connectivity index (χ0n) is 15.1. The van der Waals surface area contributed by atoms with Crippen LogP contribution in [0.2, 0.25) is 25.7 Å². The summed E-state index contributed by atoms with van der Waals surface area (Å²) in [5, 5.41) is 0. The number of carbonyl (C=O) groups is 1. The Bertz CT molecular complexity index is 519. The third-order valence-corrected chi connectivity index (χ3v) is 6.12. The molecule has 0 N–H and O–H groups in total. The van der Waals surface area contributed by atoms with Crippen LogP contribution in [0, 0.1) is 11.3 Å². The molecule has 4 heteroatoms. The topological polar surface area (TPSA) is 35.5 Å². The smallest absolute Gasteiger partial charge is 0.309 e. The fraction of sp³-hybridized carbons (Fsp3) is 0.632. The van der Waals surface area contributed by atoms with Gasteiger partial charge in [0.15, 0.2) is 0 Å². The SMILES string of the molecule is CC(C)(COCc1ccccc1)[C@H]1C[C@@H](C[Si](C)(C)C)C(=O)O1. The van der Waals surface area contributed by atoms with Crippen molar-refractivity contribution in [3.63, 3.8) is 0 Å². The van der Waals surface area contributed by atoms with Gasteiger partial charge in [-0.15, -0.1) is 0 Å². The number of hydrogen-bond donors (Lipinski definition) is 0. The highest BCUT2D eigenvalue weighted by Gasteiger charge is 2.44. The Labute approximate surface area is 141 Å². The molecule has 1 heterocycles. The summed E-state index contributed by atoms with van der Waals surface area (Å²) in [5.41, 5.74) is 1.02. The van der Waals surface area contributed by atoms with Gasteiger partial charge in [-0.3, -0.25) is 4.79 Å². The molecule has 23 heavy (non-hydrogen) atoms. The number of rotatable bonds is 7. The van der Waals surface area contributed by atoms with Crippen LogP contribution in [0.3, 0.4) is 0 Å². The van der Waals surface area contributed by atoms with E-state index in [1.54, 1.807) is 0 Å². The fourth-order valence-corrected chi connectivity index (χ4v) is 4.93. The van der Waals surface area contributed by atoms with Crippen molar-refractivity contribution in [3.8, 4) is 0 Å². The molecule has 2 atom stereocenters. The average Bonchev–Trinajstić information content (AvgIpc) is 2.80. The molecule has 0 spiro atoms. The van der Waals surface area contributed by atoms with Crippen LogP contribution in [0.4, 0.5) is 0 Å². The molecule has 0 radical (unpaired) electrons. The zero-order valence-corrected chi connectivity index (χ0v) is 16.1. The molecule has 1 saturated heterocycles. The number of carbonyl (C=O) groups excluding carboxylic acids is 1. The van der Waals surface area contributed by atoms with Crippen molar-refractivity contribution in [1.29, 1.82) is 0 Å². The molecule has 1 aromatic carbocycles. The fourth-order valence-electron chi connectivity index (χ4n) is 3.12. The van der Waals surface area contributed by atoms with Crippen LogP contribution in [0.15, 0.2) is 30.3 Å². The molecule has 0 bridgehead atoms. The van der Waals surface area contributed by atoms with Crippen LogP contribution in [-0.4, -0.2) is 26.8 Å². The van der Waals surface area contributed by atoms with E-state index in [9.17, 15) is 4.79 Å². The maximum absolute atomic E-state index is 12.2. The van der Waals surface area contributed by atoms with Gasteiger partial charge in [-0.1, -0.05) is 63.8 Å². The summed E-state index contributed by atoms with van der Waals surface area (Å²) in [7, 11) is -1.25.